The molecule has 6 nitrogen and oxygen atoms in total. The molecule has 0 heterocycles. The minimum Gasteiger partial charge on any atom is -0.497 e. The van der Waals surface area contributed by atoms with Crippen LogP contribution in [0.25, 0.3) is 0 Å². The van der Waals surface area contributed by atoms with Gasteiger partial charge >= 0.3 is 5.97 Å². The van der Waals surface area contributed by atoms with Crippen LogP contribution in [0.4, 0.5) is 0 Å². The standard InChI is InChI=1S/C19H23NO5S/c1-3-25-19(21)15-20(14-13-16-7-5-4-6-8-16)26(22,23)18-11-9-17(24-2)10-12-18/h4-12H,3,13-15H2,1-2H3. The normalized spacial score (nSPS) is 11.3. The van der Waals surface area contributed by atoms with Crippen molar-refractivity contribution in [1.29, 1.82) is 0 Å². The van der Waals surface area contributed by atoms with Crippen LogP contribution >= 0.6 is 0 Å². The third-order valence-electron chi connectivity index (χ3n) is 3.80. The number of carbonyl (C=O) groups excluding carboxylic acids is 1. The van der Waals surface area contributed by atoms with Crippen molar-refractivity contribution in [3.05, 3.63) is 60.2 Å². The van der Waals surface area contributed by atoms with Gasteiger partial charge in [0.05, 0.1) is 18.6 Å². The van der Waals surface area contributed by atoms with Crippen LogP contribution in [0.3, 0.4) is 0 Å². The minimum atomic E-state index is -3.83. The summed E-state index contributed by atoms with van der Waals surface area (Å²) in [5.41, 5.74) is 0.992. The summed E-state index contributed by atoms with van der Waals surface area (Å²) in [6.07, 6.45) is 0.496. The van der Waals surface area contributed by atoms with Crippen molar-refractivity contribution in [2.24, 2.45) is 0 Å². The third-order valence-corrected chi connectivity index (χ3v) is 5.66. The smallest absolute Gasteiger partial charge is 0.321 e. The van der Waals surface area contributed by atoms with E-state index >= 15 is 0 Å². The van der Waals surface area contributed by atoms with Gasteiger partial charge in [0.25, 0.3) is 0 Å². The van der Waals surface area contributed by atoms with E-state index in [1.807, 2.05) is 30.3 Å². The van der Waals surface area contributed by atoms with Crippen LogP contribution in [0.15, 0.2) is 59.5 Å². The lowest BCUT2D eigenvalue weighted by Crippen LogP contribution is -2.38. The maximum Gasteiger partial charge on any atom is 0.321 e. The van der Waals surface area contributed by atoms with E-state index < -0.39 is 16.0 Å². The Kier molecular flexibility index (Phi) is 7.17. The molecule has 0 N–H and O–H groups in total. The van der Waals surface area contributed by atoms with Gasteiger partial charge in [-0.25, -0.2) is 8.42 Å². The zero-order valence-corrected chi connectivity index (χ0v) is 15.7. The summed E-state index contributed by atoms with van der Waals surface area (Å²) in [6, 6.07) is 15.6. The highest BCUT2D eigenvalue weighted by atomic mass is 32.2. The van der Waals surface area contributed by atoms with Gasteiger partial charge in [-0.1, -0.05) is 30.3 Å². The average Bonchev–Trinajstić information content (AvgIpc) is 2.66. The van der Waals surface area contributed by atoms with Crippen molar-refractivity contribution in [2.75, 3.05) is 26.8 Å². The summed E-state index contributed by atoms with van der Waals surface area (Å²) >= 11 is 0. The quantitative estimate of drug-likeness (QED) is 0.628. The van der Waals surface area contributed by atoms with Crippen molar-refractivity contribution >= 4 is 16.0 Å². The number of benzene rings is 2. The number of sulfonamides is 1. The molecule has 140 valence electrons. The average molecular weight is 377 g/mol. The first-order valence-corrected chi connectivity index (χ1v) is 9.75. The summed E-state index contributed by atoms with van der Waals surface area (Å²) in [4.78, 5) is 12.0. The number of methoxy groups -OCH3 is 1. The first-order chi connectivity index (χ1) is 12.5. The first kappa shape index (κ1) is 19.9. The maximum atomic E-state index is 13.0. The van der Waals surface area contributed by atoms with Crippen LogP contribution < -0.4 is 4.74 Å². The van der Waals surface area contributed by atoms with Crippen molar-refractivity contribution in [3.8, 4) is 5.75 Å². The summed E-state index contributed by atoms with van der Waals surface area (Å²) in [6.45, 7) is 1.74. The van der Waals surface area contributed by atoms with Gasteiger partial charge in [-0.2, -0.15) is 4.31 Å². The summed E-state index contributed by atoms with van der Waals surface area (Å²) < 4.78 is 37.1. The van der Waals surface area contributed by atoms with Crippen LogP contribution in [-0.4, -0.2) is 45.5 Å². The number of hydrogen-bond donors (Lipinski definition) is 0. The van der Waals surface area contributed by atoms with Crippen LogP contribution in [0.5, 0.6) is 5.75 Å². The predicted octanol–water partition coefficient (Wildman–Crippen LogP) is 2.49. The van der Waals surface area contributed by atoms with Gasteiger partial charge in [-0.3, -0.25) is 4.79 Å². The zero-order chi connectivity index (χ0) is 19.0. The van der Waals surface area contributed by atoms with E-state index in [9.17, 15) is 13.2 Å². The predicted molar refractivity (Wildman–Crippen MR) is 98.5 cm³/mol. The number of rotatable bonds is 9. The van der Waals surface area contributed by atoms with E-state index in [0.717, 1.165) is 9.87 Å². The van der Waals surface area contributed by atoms with Crippen molar-refractivity contribution in [1.82, 2.24) is 4.31 Å². The first-order valence-electron chi connectivity index (χ1n) is 8.31. The van der Waals surface area contributed by atoms with Gasteiger partial charge in [0.15, 0.2) is 0 Å². The molecule has 0 atom stereocenters. The molecule has 2 aromatic rings. The molecule has 2 aromatic carbocycles. The highest BCUT2D eigenvalue weighted by molar-refractivity contribution is 7.89. The largest absolute Gasteiger partial charge is 0.497 e. The molecule has 0 amide bonds. The van der Waals surface area contributed by atoms with E-state index in [0.29, 0.717) is 12.2 Å². The van der Waals surface area contributed by atoms with Gasteiger partial charge < -0.3 is 9.47 Å². The number of ether oxygens (including phenoxy) is 2. The molecule has 0 aliphatic carbocycles. The molecule has 0 aliphatic heterocycles. The van der Waals surface area contributed by atoms with Gasteiger partial charge in [-0.05, 0) is 43.2 Å². The minimum absolute atomic E-state index is 0.107. The lowest BCUT2D eigenvalue weighted by molar-refractivity contribution is -0.143. The Morgan fingerprint density at radius 3 is 2.27 bits per heavy atom. The van der Waals surface area contributed by atoms with Crippen molar-refractivity contribution in [2.45, 2.75) is 18.2 Å². The maximum absolute atomic E-state index is 13.0. The second kappa shape index (κ2) is 9.35. The van der Waals surface area contributed by atoms with E-state index in [1.54, 1.807) is 19.1 Å². The number of esters is 1. The van der Waals surface area contributed by atoms with Crippen LogP contribution in [-0.2, 0) is 26.0 Å². The van der Waals surface area contributed by atoms with Gasteiger partial charge in [-0.15, -0.1) is 0 Å². The number of nitrogens with zero attached hydrogens (tertiary/aromatic N) is 1. The molecule has 0 bridgehead atoms. The summed E-state index contributed by atoms with van der Waals surface area (Å²) in [5, 5.41) is 0. The van der Waals surface area contributed by atoms with Crippen LogP contribution in [0, 0.1) is 0 Å². The fourth-order valence-electron chi connectivity index (χ4n) is 2.43. The van der Waals surface area contributed by atoms with Crippen LogP contribution in [0.1, 0.15) is 12.5 Å². The SMILES string of the molecule is CCOC(=O)CN(CCc1ccccc1)S(=O)(=O)c1ccc(OC)cc1. The lowest BCUT2D eigenvalue weighted by Gasteiger charge is -2.21. The molecule has 0 spiro atoms. The Bertz CT molecular complexity index is 804. The molecule has 0 fully saturated rings. The molecule has 0 saturated carbocycles. The van der Waals surface area contributed by atoms with Gasteiger partial charge in [0, 0.05) is 6.54 Å². The Balaban J connectivity index is 2.23. The fourth-order valence-corrected chi connectivity index (χ4v) is 3.82. The number of hydrogen-bond acceptors (Lipinski definition) is 5. The van der Waals surface area contributed by atoms with E-state index in [4.69, 9.17) is 9.47 Å². The second-order valence-corrected chi connectivity index (χ2v) is 7.49. The molecule has 7 heteroatoms. The Hall–Kier alpha value is -2.38. The summed E-state index contributed by atoms with van der Waals surface area (Å²) in [7, 11) is -2.32. The molecule has 2 rings (SSSR count). The fraction of sp³-hybridized carbons (Fsp3) is 0.316. The molecule has 0 aromatic heterocycles. The van der Waals surface area contributed by atoms with Crippen molar-refractivity contribution < 1.29 is 22.7 Å². The van der Waals surface area contributed by atoms with E-state index in [2.05, 4.69) is 0 Å². The highest BCUT2D eigenvalue weighted by Crippen LogP contribution is 2.20. The third kappa shape index (κ3) is 5.31. The molecular formula is C19H23NO5S. The van der Waals surface area contributed by atoms with Crippen molar-refractivity contribution in [3.63, 3.8) is 0 Å². The Morgan fingerprint density at radius 2 is 1.69 bits per heavy atom. The molecule has 0 radical (unpaired) electrons. The lowest BCUT2D eigenvalue weighted by atomic mass is 10.1. The summed E-state index contributed by atoms with van der Waals surface area (Å²) in [5.74, 6) is -0.0113. The highest BCUT2D eigenvalue weighted by Gasteiger charge is 2.27. The number of carbonyl (C=O) groups is 1. The topological polar surface area (TPSA) is 72.9 Å². The Labute approximate surface area is 154 Å². The monoisotopic (exact) mass is 377 g/mol. The van der Waals surface area contributed by atoms with E-state index in [-0.39, 0.29) is 24.6 Å². The van der Waals surface area contributed by atoms with E-state index in [1.165, 1.54) is 19.2 Å². The second-order valence-electron chi connectivity index (χ2n) is 5.55. The molecule has 0 unspecified atom stereocenters. The van der Waals surface area contributed by atoms with Gasteiger partial charge in [0.1, 0.15) is 12.3 Å². The molecule has 26 heavy (non-hydrogen) atoms. The molecular weight excluding hydrogens is 354 g/mol. The molecule has 0 saturated heterocycles. The zero-order valence-electron chi connectivity index (χ0n) is 14.9. The van der Waals surface area contributed by atoms with Crippen LogP contribution in [0.2, 0.25) is 0 Å². The Morgan fingerprint density at radius 1 is 1.04 bits per heavy atom. The van der Waals surface area contributed by atoms with Gasteiger partial charge in [0.2, 0.25) is 10.0 Å². The molecule has 0 aliphatic rings.